The average Bonchev–Trinajstić information content (AvgIpc) is 2.83. The molecule has 0 radical (unpaired) electrons. The first-order chi connectivity index (χ1) is 15.5. The van der Waals surface area contributed by atoms with E-state index in [4.69, 9.17) is 14.6 Å². The first kappa shape index (κ1) is 21.2. The lowest BCUT2D eigenvalue weighted by Gasteiger charge is -2.35. The fourth-order valence-electron chi connectivity index (χ4n) is 3.64. The molecule has 1 aliphatic heterocycles. The molecule has 32 heavy (non-hydrogen) atoms. The number of carboxylic acid groups (broad SMARTS) is 1. The third-order valence-corrected chi connectivity index (χ3v) is 5.37. The zero-order chi connectivity index (χ0) is 22.7. The van der Waals surface area contributed by atoms with Crippen LogP contribution in [0.25, 0.3) is 10.9 Å². The van der Waals surface area contributed by atoms with E-state index < -0.39 is 5.97 Å². The summed E-state index contributed by atoms with van der Waals surface area (Å²) in [4.78, 5) is 36.2. The molecule has 0 spiro atoms. The highest BCUT2D eigenvalue weighted by Gasteiger charge is 2.24. The van der Waals surface area contributed by atoms with Crippen molar-refractivity contribution < 1.29 is 24.2 Å². The van der Waals surface area contributed by atoms with Gasteiger partial charge in [0, 0.05) is 43.3 Å². The number of anilines is 2. The number of nitrogens with zero attached hydrogens (tertiary/aromatic N) is 4. The molecule has 10 heteroatoms. The van der Waals surface area contributed by atoms with Crippen LogP contribution in [0.3, 0.4) is 0 Å². The average molecular weight is 437 g/mol. The number of piperazine rings is 1. The van der Waals surface area contributed by atoms with Crippen molar-refractivity contribution in [2.24, 2.45) is 0 Å². The van der Waals surface area contributed by atoms with E-state index in [2.05, 4.69) is 20.2 Å². The van der Waals surface area contributed by atoms with Crippen molar-refractivity contribution in [1.29, 1.82) is 0 Å². The Morgan fingerprint density at radius 1 is 0.969 bits per heavy atom. The number of carboxylic acids is 1. The second-order valence-electron chi connectivity index (χ2n) is 7.21. The van der Waals surface area contributed by atoms with Gasteiger partial charge in [-0.05, 0) is 30.3 Å². The van der Waals surface area contributed by atoms with E-state index >= 15 is 0 Å². The van der Waals surface area contributed by atoms with E-state index in [9.17, 15) is 9.59 Å². The summed E-state index contributed by atoms with van der Waals surface area (Å²) in [7, 11) is 3.16. The molecular weight excluding hydrogens is 414 g/mol. The van der Waals surface area contributed by atoms with Crippen LogP contribution in [0.5, 0.6) is 11.5 Å². The van der Waals surface area contributed by atoms with Crippen LogP contribution in [-0.2, 0) is 0 Å². The molecule has 1 saturated heterocycles. The van der Waals surface area contributed by atoms with E-state index in [-0.39, 0.29) is 11.6 Å². The first-order valence-corrected chi connectivity index (χ1v) is 10.0. The molecule has 0 unspecified atom stereocenters. The third-order valence-electron chi connectivity index (χ3n) is 5.37. The number of carbonyl (C=O) groups excluding carboxylic acids is 1. The first-order valence-electron chi connectivity index (χ1n) is 10.0. The summed E-state index contributed by atoms with van der Waals surface area (Å²) >= 11 is 0. The topological polar surface area (TPSA) is 117 Å². The van der Waals surface area contributed by atoms with Gasteiger partial charge in [-0.2, -0.15) is 0 Å². The number of benzene rings is 2. The van der Waals surface area contributed by atoms with Gasteiger partial charge in [-0.15, -0.1) is 0 Å². The molecule has 0 bridgehead atoms. The molecule has 2 aromatic carbocycles. The molecule has 0 aliphatic carbocycles. The van der Waals surface area contributed by atoms with Gasteiger partial charge in [0.05, 0.1) is 25.3 Å². The summed E-state index contributed by atoms with van der Waals surface area (Å²) < 4.78 is 10.8. The van der Waals surface area contributed by atoms with E-state index in [1.165, 1.54) is 18.5 Å². The van der Waals surface area contributed by atoms with Crippen molar-refractivity contribution in [2.45, 2.75) is 0 Å². The highest BCUT2D eigenvalue weighted by molar-refractivity contribution is 5.93. The number of carbonyl (C=O) groups is 2. The summed E-state index contributed by atoms with van der Waals surface area (Å²) in [5, 5.41) is 12.6. The number of hydrogen-bond acceptors (Lipinski definition) is 7. The number of aromatic nitrogens is 2. The van der Waals surface area contributed by atoms with Crippen molar-refractivity contribution in [2.75, 3.05) is 50.6 Å². The van der Waals surface area contributed by atoms with Gasteiger partial charge in [-0.3, -0.25) is 0 Å². The number of hydrogen-bond donors (Lipinski definition) is 2. The van der Waals surface area contributed by atoms with Gasteiger partial charge in [0.25, 0.3) is 0 Å². The summed E-state index contributed by atoms with van der Waals surface area (Å²) in [5.41, 5.74) is 1.46. The van der Waals surface area contributed by atoms with Crippen molar-refractivity contribution >= 4 is 34.4 Å². The number of methoxy groups -OCH3 is 2. The molecule has 3 aromatic rings. The number of ether oxygens (including phenoxy) is 2. The second-order valence-corrected chi connectivity index (χ2v) is 7.21. The van der Waals surface area contributed by atoms with Gasteiger partial charge in [0.2, 0.25) is 0 Å². The van der Waals surface area contributed by atoms with Gasteiger partial charge in [-0.1, -0.05) is 0 Å². The highest BCUT2D eigenvalue weighted by atomic mass is 16.5. The molecule has 10 nitrogen and oxygen atoms in total. The van der Waals surface area contributed by atoms with E-state index in [1.54, 1.807) is 31.3 Å². The Morgan fingerprint density at radius 2 is 1.62 bits per heavy atom. The van der Waals surface area contributed by atoms with Gasteiger partial charge in [0.15, 0.2) is 11.5 Å². The molecule has 1 fully saturated rings. The third kappa shape index (κ3) is 4.20. The van der Waals surface area contributed by atoms with E-state index in [0.717, 1.165) is 16.7 Å². The summed E-state index contributed by atoms with van der Waals surface area (Å²) in [6.45, 7) is 2.23. The Morgan fingerprint density at radius 3 is 2.25 bits per heavy atom. The van der Waals surface area contributed by atoms with Crippen molar-refractivity contribution in [3.05, 3.63) is 48.3 Å². The molecule has 1 aliphatic rings. The van der Waals surface area contributed by atoms with Gasteiger partial charge in [0.1, 0.15) is 12.1 Å². The van der Waals surface area contributed by atoms with Crippen LogP contribution < -0.4 is 19.7 Å². The van der Waals surface area contributed by atoms with Crippen LogP contribution >= 0.6 is 0 Å². The number of fused-ring (bicyclic) bond motifs is 1. The maximum absolute atomic E-state index is 12.6. The molecule has 0 atom stereocenters. The number of amides is 2. The lowest BCUT2D eigenvalue weighted by Crippen LogP contribution is -2.50. The van der Waals surface area contributed by atoms with Crippen molar-refractivity contribution in [3.8, 4) is 11.5 Å². The van der Waals surface area contributed by atoms with Crippen LogP contribution in [-0.4, -0.2) is 72.4 Å². The fourth-order valence-corrected chi connectivity index (χ4v) is 3.64. The molecule has 1 aromatic heterocycles. The van der Waals surface area contributed by atoms with Gasteiger partial charge < -0.3 is 29.7 Å². The standard InChI is InChI=1S/C22H23N5O5/c1-31-18-11-16-17(12-19(18)32-2)23-13-24-20(16)26-7-9-27(10-8-26)22(30)25-15-5-3-14(4-6-15)21(28)29/h3-6,11-13H,7-10H2,1-2H3,(H,25,30)(H,28,29). The number of rotatable bonds is 5. The quantitative estimate of drug-likeness (QED) is 0.626. The van der Waals surface area contributed by atoms with Crippen molar-refractivity contribution in [1.82, 2.24) is 14.9 Å². The highest BCUT2D eigenvalue weighted by Crippen LogP contribution is 2.34. The molecule has 2 heterocycles. The minimum Gasteiger partial charge on any atom is -0.493 e. The molecular formula is C22H23N5O5. The van der Waals surface area contributed by atoms with E-state index in [0.29, 0.717) is 43.4 Å². The minimum atomic E-state index is -1.01. The maximum Gasteiger partial charge on any atom is 0.335 e. The summed E-state index contributed by atoms with van der Waals surface area (Å²) in [5.74, 6) is 0.970. The van der Waals surface area contributed by atoms with Crippen LogP contribution in [0.1, 0.15) is 10.4 Å². The Bertz CT molecular complexity index is 1140. The van der Waals surface area contributed by atoms with E-state index in [1.807, 2.05) is 12.1 Å². The van der Waals surface area contributed by atoms with Gasteiger partial charge >= 0.3 is 12.0 Å². The lowest BCUT2D eigenvalue weighted by atomic mass is 10.2. The predicted molar refractivity (Wildman–Crippen MR) is 119 cm³/mol. The largest absolute Gasteiger partial charge is 0.493 e. The molecule has 2 N–H and O–H groups in total. The Kier molecular flexibility index (Phi) is 5.93. The van der Waals surface area contributed by atoms with Crippen LogP contribution in [0.2, 0.25) is 0 Å². The molecule has 166 valence electrons. The normalized spacial score (nSPS) is 13.7. The van der Waals surface area contributed by atoms with Crippen LogP contribution in [0.15, 0.2) is 42.7 Å². The maximum atomic E-state index is 12.6. The zero-order valence-corrected chi connectivity index (χ0v) is 17.7. The van der Waals surface area contributed by atoms with Crippen LogP contribution in [0, 0.1) is 0 Å². The van der Waals surface area contributed by atoms with Crippen LogP contribution in [0.4, 0.5) is 16.3 Å². The van der Waals surface area contributed by atoms with Crippen molar-refractivity contribution in [3.63, 3.8) is 0 Å². The summed E-state index contributed by atoms with van der Waals surface area (Å²) in [6, 6.07) is 9.52. The zero-order valence-electron chi connectivity index (χ0n) is 17.7. The number of aromatic carboxylic acids is 1. The molecule has 2 amide bonds. The number of nitrogens with one attached hydrogen (secondary N) is 1. The minimum absolute atomic E-state index is 0.169. The SMILES string of the molecule is COc1cc2ncnc(N3CCN(C(=O)Nc4ccc(C(=O)O)cc4)CC3)c2cc1OC. The summed E-state index contributed by atoms with van der Waals surface area (Å²) in [6.07, 6.45) is 1.52. The molecule has 4 rings (SSSR count). The lowest BCUT2D eigenvalue weighted by molar-refractivity contribution is 0.0697. The fraction of sp³-hybridized carbons (Fsp3) is 0.273. The second kappa shape index (κ2) is 8.96. The Balaban J connectivity index is 1.44. The predicted octanol–water partition coefficient (Wildman–Crippen LogP) is 2.70. The molecule has 0 saturated carbocycles. The Hall–Kier alpha value is -4.08. The Labute approximate surface area is 184 Å². The number of urea groups is 1. The monoisotopic (exact) mass is 437 g/mol. The smallest absolute Gasteiger partial charge is 0.335 e. The van der Waals surface area contributed by atoms with Gasteiger partial charge in [-0.25, -0.2) is 19.6 Å².